The third kappa shape index (κ3) is 4.66. The highest BCUT2D eigenvalue weighted by Gasteiger charge is 2.29. The maximum absolute atomic E-state index is 12.0. The molecule has 110 valence electrons. The number of carbonyl (C=O) groups is 1. The van der Waals surface area contributed by atoms with Gasteiger partial charge in [-0.3, -0.25) is 0 Å². The van der Waals surface area contributed by atoms with Crippen LogP contribution in [-0.4, -0.2) is 55.0 Å². The number of hydrogen-bond donors (Lipinski definition) is 1. The Morgan fingerprint density at radius 3 is 2.68 bits per heavy atom. The summed E-state index contributed by atoms with van der Waals surface area (Å²) in [6.45, 7) is 9.09. The molecular formula is C14H26N2O3. The molecule has 0 bridgehead atoms. The standard InChI is InChI=1S/C14H26N2O3/c1-14(2,3)19-13(17)16-8-4-5-12(10-16)18-11-6-7-15-9-11/h11-12,15H,4-10H2,1-3H3. The van der Waals surface area contributed by atoms with Crippen LogP contribution in [-0.2, 0) is 9.47 Å². The molecule has 0 aromatic heterocycles. The third-order valence-electron chi connectivity index (χ3n) is 3.43. The lowest BCUT2D eigenvalue weighted by Crippen LogP contribution is -2.46. The normalized spacial score (nSPS) is 28.5. The van der Waals surface area contributed by atoms with Crippen LogP contribution in [0.25, 0.3) is 0 Å². The molecule has 2 unspecified atom stereocenters. The summed E-state index contributed by atoms with van der Waals surface area (Å²) in [5, 5.41) is 3.30. The molecule has 2 atom stereocenters. The van der Waals surface area contributed by atoms with Gasteiger partial charge in [0.2, 0.25) is 0 Å². The summed E-state index contributed by atoms with van der Waals surface area (Å²) >= 11 is 0. The molecule has 1 amide bonds. The van der Waals surface area contributed by atoms with Crippen LogP contribution in [0.3, 0.4) is 0 Å². The quantitative estimate of drug-likeness (QED) is 0.831. The number of ether oxygens (including phenoxy) is 2. The van der Waals surface area contributed by atoms with E-state index < -0.39 is 5.60 Å². The molecule has 2 saturated heterocycles. The van der Waals surface area contributed by atoms with Gasteiger partial charge >= 0.3 is 6.09 Å². The van der Waals surface area contributed by atoms with Gasteiger partial charge in [0.1, 0.15) is 5.60 Å². The maximum Gasteiger partial charge on any atom is 0.410 e. The minimum absolute atomic E-state index is 0.158. The Bertz CT molecular complexity index is 308. The molecule has 19 heavy (non-hydrogen) atoms. The van der Waals surface area contributed by atoms with Crippen LogP contribution >= 0.6 is 0 Å². The summed E-state index contributed by atoms with van der Waals surface area (Å²) in [5.41, 5.74) is -0.430. The van der Waals surface area contributed by atoms with Gasteiger partial charge in [-0.05, 0) is 46.6 Å². The van der Waals surface area contributed by atoms with Crippen molar-refractivity contribution in [2.45, 2.75) is 57.8 Å². The van der Waals surface area contributed by atoms with Crippen molar-refractivity contribution in [2.75, 3.05) is 26.2 Å². The van der Waals surface area contributed by atoms with Gasteiger partial charge in [0.15, 0.2) is 0 Å². The maximum atomic E-state index is 12.0. The highest BCUT2D eigenvalue weighted by Crippen LogP contribution is 2.19. The molecule has 0 aliphatic carbocycles. The van der Waals surface area contributed by atoms with Crippen molar-refractivity contribution in [3.8, 4) is 0 Å². The lowest BCUT2D eigenvalue weighted by atomic mass is 10.1. The van der Waals surface area contributed by atoms with Crippen LogP contribution < -0.4 is 5.32 Å². The van der Waals surface area contributed by atoms with E-state index in [4.69, 9.17) is 9.47 Å². The molecule has 2 aliphatic heterocycles. The first-order chi connectivity index (χ1) is 8.94. The van der Waals surface area contributed by atoms with Crippen molar-refractivity contribution in [2.24, 2.45) is 0 Å². The lowest BCUT2D eigenvalue weighted by Gasteiger charge is -2.35. The van der Waals surface area contributed by atoms with Gasteiger partial charge in [0.25, 0.3) is 0 Å². The fraction of sp³-hybridized carbons (Fsp3) is 0.929. The Balaban J connectivity index is 1.80. The first-order valence-corrected chi connectivity index (χ1v) is 7.28. The van der Waals surface area contributed by atoms with Gasteiger partial charge in [-0.15, -0.1) is 0 Å². The highest BCUT2D eigenvalue weighted by molar-refractivity contribution is 5.68. The summed E-state index contributed by atoms with van der Waals surface area (Å²) in [6.07, 6.45) is 3.35. The highest BCUT2D eigenvalue weighted by atomic mass is 16.6. The molecule has 2 heterocycles. The molecule has 0 saturated carbocycles. The minimum Gasteiger partial charge on any atom is -0.444 e. The molecule has 0 spiro atoms. The van der Waals surface area contributed by atoms with Crippen molar-refractivity contribution in [3.05, 3.63) is 0 Å². The number of piperidine rings is 1. The van der Waals surface area contributed by atoms with Crippen LogP contribution in [0, 0.1) is 0 Å². The van der Waals surface area contributed by atoms with E-state index in [9.17, 15) is 4.79 Å². The van der Waals surface area contributed by atoms with Crippen LogP contribution in [0.2, 0.25) is 0 Å². The van der Waals surface area contributed by atoms with E-state index in [2.05, 4.69) is 5.32 Å². The molecule has 2 rings (SSSR count). The SMILES string of the molecule is CC(C)(C)OC(=O)N1CCCC(OC2CCNC2)C1. The fourth-order valence-electron chi connectivity index (χ4n) is 2.56. The fourth-order valence-corrected chi connectivity index (χ4v) is 2.56. The van der Waals surface area contributed by atoms with Crippen molar-refractivity contribution < 1.29 is 14.3 Å². The van der Waals surface area contributed by atoms with Gasteiger partial charge in [0.05, 0.1) is 18.8 Å². The molecule has 0 aromatic carbocycles. The minimum atomic E-state index is -0.430. The van der Waals surface area contributed by atoms with Gasteiger partial charge < -0.3 is 19.7 Å². The summed E-state index contributed by atoms with van der Waals surface area (Å²) in [6, 6.07) is 0. The van der Waals surface area contributed by atoms with Crippen molar-refractivity contribution >= 4 is 6.09 Å². The number of carbonyl (C=O) groups excluding carboxylic acids is 1. The molecule has 2 fully saturated rings. The topological polar surface area (TPSA) is 50.8 Å². The third-order valence-corrected chi connectivity index (χ3v) is 3.43. The lowest BCUT2D eigenvalue weighted by molar-refractivity contribution is -0.0465. The average Bonchev–Trinajstić information content (AvgIpc) is 2.80. The Morgan fingerprint density at radius 1 is 1.26 bits per heavy atom. The van der Waals surface area contributed by atoms with Crippen LogP contribution in [0.1, 0.15) is 40.0 Å². The predicted molar refractivity (Wildman–Crippen MR) is 73.2 cm³/mol. The number of rotatable bonds is 2. The van der Waals surface area contributed by atoms with E-state index in [0.717, 1.165) is 38.9 Å². The number of hydrogen-bond acceptors (Lipinski definition) is 4. The summed E-state index contributed by atoms with van der Waals surface area (Å²) in [7, 11) is 0. The largest absolute Gasteiger partial charge is 0.444 e. The summed E-state index contributed by atoms with van der Waals surface area (Å²) in [4.78, 5) is 13.8. The predicted octanol–water partition coefficient (Wildman–Crippen LogP) is 1.76. The van der Waals surface area contributed by atoms with E-state index in [1.165, 1.54) is 0 Å². The zero-order valence-electron chi connectivity index (χ0n) is 12.3. The van der Waals surface area contributed by atoms with Crippen molar-refractivity contribution in [1.82, 2.24) is 10.2 Å². The van der Waals surface area contributed by atoms with Gasteiger partial charge in [0, 0.05) is 13.1 Å². The Kier molecular flexibility index (Phi) is 4.68. The first-order valence-electron chi connectivity index (χ1n) is 7.28. The van der Waals surface area contributed by atoms with E-state index in [-0.39, 0.29) is 12.2 Å². The second-order valence-electron chi connectivity index (χ2n) is 6.44. The van der Waals surface area contributed by atoms with E-state index >= 15 is 0 Å². The van der Waals surface area contributed by atoms with Crippen LogP contribution in [0.4, 0.5) is 4.79 Å². The van der Waals surface area contributed by atoms with Crippen LogP contribution in [0.15, 0.2) is 0 Å². The van der Waals surface area contributed by atoms with Crippen LogP contribution in [0.5, 0.6) is 0 Å². The van der Waals surface area contributed by atoms with Gasteiger partial charge in [-0.1, -0.05) is 0 Å². The molecule has 0 aromatic rings. The molecule has 5 nitrogen and oxygen atoms in total. The molecule has 0 radical (unpaired) electrons. The molecule has 2 aliphatic rings. The molecular weight excluding hydrogens is 244 g/mol. The van der Waals surface area contributed by atoms with E-state index in [0.29, 0.717) is 12.6 Å². The number of amides is 1. The van der Waals surface area contributed by atoms with Crippen molar-refractivity contribution in [3.63, 3.8) is 0 Å². The monoisotopic (exact) mass is 270 g/mol. The smallest absolute Gasteiger partial charge is 0.410 e. The van der Waals surface area contributed by atoms with Crippen molar-refractivity contribution in [1.29, 1.82) is 0 Å². The molecule has 5 heteroatoms. The zero-order valence-corrected chi connectivity index (χ0v) is 12.3. The first kappa shape index (κ1) is 14.6. The second kappa shape index (κ2) is 6.09. The number of nitrogens with one attached hydrogen (secondary N) is 1. The average molecular weight is 270 g/mol. The van der Waals surface area contributed by atoms with Gasteiger partial charge in [-0.2, -0.15) is 0 Å². The zero-order chi connectivity index (χ0) is 13.9. The van der Waals surface area contributed by atoms with E-state index in [1.807, 2.05) is 20.8 Å². The summed E-state index contributed by atoms with van der Waals surface area (Å²) in [5.74, 6) is 0. The Hall–Kier alpha value is -0.810. The molecule has 1 N–H and O–H groups in total. The summed E-state index contributed by atoms with van der Waals surface area (Å²) < 4.78 is 11.5. The van der Waals surface area contributed by atoms with E-state index in [1.54, 1.807) is 4.90 Å². The Morgan fingerprint density at radius 2 is 2.05 bits per heavy atom. The number of nitrogens with zero attached hydrogens (tertiary/aromatic N) is 1. The number of likely N-dealkylation sites (tertiary alicyclic amines) is 1. The second-order valence-corrected chi connectivity index (χ2v) is 6.44. The van der Waals surface area contributed by atoms with Gasteiger partial charge in [-0.25, -0.2) is 4.79 Å². The Labute approximate surface area is 115 Å².